The predicted octanol–water partition coefficient (Wildman–Crippen LogP) is 2.29. The fourth-order valence-corrected chi connectivity index (χ4v) is 3.88. The van der Waals surface area contributed by atoms with Gasteiger partial charge in [-0.2, -0.15) is 0 Å². The van der Waals surface area contributed by atoms with E-state index in [9.17, 15) is 13.2 Å². The Morgan fingerprint density at radius 3 is 2.62 bits per heavy atom. The van der Waals surface area contributed by atoms with Crippen LogP contribution < -0.4 is 10.0 Å². The number of sulfonamides is 1. The van der Waals surface area contributed by atoms with E-state index in [0.29, 0.717) is 24.6 Å². The van der Waals surface area contributed by atoms with E-state index >= 15 is 0 Å². The molecule has 2 atom stereocenters. The maximum atomic E-state index is 12.2. The number of carbonyl (C=O) groups excluding carboxylic acids is 1. The summed E-state index contributed by atoms with van der Waals surface area (Å²) in [6.45, 7) is 2.02. The molecular formula is C17H24N2O4S. The molecule has 0 aliphatic heterocycles. The topological polar surface area (TPSA) is 84.5 Å². The number of benzene rings is 1. The minimum Gasteiger partial charge on any atom is -0.383 e. The van der Waals surface area contributed by atoms with Gasteiger partial charge in [0.05, 0.1) is 11.5 Å². The Hall–Kier alpha value is -1.70. The zero-order valence-corrected chi connectivity index (χ0v) is 14.8. The first kappa shape index (κ1) is 18.6. The van der Waals surface area contributed by atoms with E-state index in [1.54, 1.807) is 19.1 Å². The van der Waals surface area contributed by atoms with Crippen molar-refractivity contribution in [1.82, 2.24) is 4.72 Å². The van der Waals surface area contributed by atoms with Gasteiger partial charge in [-0.25, -0.2) is 13.1 Å². The summed E-state index contributed by atoms with van der Waals surface area (Å²) in [6, 6.07) is 5.83. The van der Waals surface area contributed by atoms with E-state index in [1.165, 1.54) is 19.2 Å². The van der Waals surface area contributed by atoms with Crippen LogP contribution >= 0.6 is 0 Å². The van der Waals surface area contributed by atoms with Crippen molar-refractivity contribution in [2.75, 3.05) is 19.0 Å². The van der Waals surface area contributed by atoms with Gasteiger partial charge < -0.3 is 10.1 Å². The van der Waals surface area contributed by atoms with E-state index < -0.39 is 10.0 Å². The lowest BCUT2D eigenvalue weighted by Gasteiger charge is -2.14. The number of amides is 1. The largest absolute Gasteiger partial charge is 0.383 e. The molecule has 1 aromatic rings. The van der Waals surface area contributed by atoms with Gasteiger partial charge in [0.25, 0.3) is 0 Å². The number of hydrogen-bond acceptors (Lipinski definition) is 4. The molecule has 0 bridgehead atoms. The number of ether oxygens (including phenoxy) is 1. The molecule has 0 spiro atoms. The number of hydrogen-bond donors (Lipinski definition) is 2. The maximum absolute atomic E-state index is 12.2. The normalized spacial score (nSPS) is 18.5. The molecular weight excluding hydrogens is 328 g/mol. The molecule has 0 aromatic heterocycles. The average molecular weight is 352 g/mol. The number of anilines is 1. The van der Waals surface area contributed by atoms with Crippen molar-refractivity contribution in [3.8, 4) is 0 Å². The van der Waals surface area contributed by atoms with Gasteiger partial charge in [-0.05, 0) is 49.9 Å². The van der Waals surface area contributed by atoms with Crippen LogP contribution in [0.15, 0.2) is 41.3 Å². The predicted molar refractivity (Wildman–Crippen MR) is 93.2 cm³/mol. The van der Waals surface area contributed by atoms with Gasteiger partial charge >= 0.3 is 0 Å². The third-order valence-electron chi connectivity index (χ3n) is 3.78. The van der Waals surface area contributed by atoms with Crippen LogP contribution in [-0.4, -0.2) is 34.1 Å². The molecule has 1 aromatic carbocycles. The van der Waals surface area contributed by atoms with Crippen molar-refractivity contribution < 1.29 is 17.9 Å². The van der Waals surface area contributed by atoms with Gasteiger partial charge in [0, 0.05) is 25.3 Å². The van der Waals surface area contributed by atoms with Gasteiger partial charge in [-0.15, -0.1) is 0 Å². The summed E-state index contributed by atoms with van der Waals surface area (Å²) < 4.78 is 31.9. The summed E-state index contributed by atoms with van der Waals surface area (Å²) >= 11 is 0. The van der Waals surface area contributed by atoms with Gasteiger partial charge in [0.1, 0.15) is 0 Å². The zero-order chi connectivity index (χ0) is 17.6. The second kappa shape index (κ2) is 8.41. The summed E-state index contributed by atoms with van der Waals surface area (Å²) in [5, 5.41) is 2.80. The lowest BCUT2D eigenvalue weighted by molar-refractivity contribution is -0.116. The van der Waals surface area contributed by atoms with Crippen molar-refractivity contribution in [3.63, 3.8) is 0 Å². The van der Waals surface area contributed by atoms with Crippen LogP contribution in [0.4, 0.5) is 5.69 Å². The third kappa shape index (κ3) is 5.43. The maximum Gasteiger partial charge on any atom is 0.240 e. The highest BCUT2D eigenvalue weighted by Gasteiger charge is 2.18. The van der Waals surface area contributed by atoms with Gasteiger partial charge in [-0.1, -0.05) is 12.2 Å². The Kier molecular flexibility index (Phi) is 6.53. The van der Waals surface area contributed by atoms with Crippen LogP contribution in [0.1, 0.15) is 26.2 Å². The number of rotatable bonds is 8. The SMILES string of the molecule is COC[C@@H](C)NS(=O)(=O)c1ccc(NC(=O)C[C@H]2C=CCC2)cc1. The molecule has 0 saturated heterocycles. The molecule has 6 nitrogen and oxygen atoms in total. The van der Waals surface area contributed by atoms with Crippen LogP contribution in [0, 0.1) is 5.92 Å². The minimum absolute atomic E-state index is 0.0611. The Bertz CT molecular complexity index is 683. The van der Waals surface area contributed by atoms with Crippen molar-refractivity contribution in [2.24, 2.45) is 5.92 Å². The summed E-state index contributed by atoms with van der Waals surface area (Å²) in [4.78, 5) is 12.1. The highest BCUT2D eigenvalue weighted by atomic mass is 32.2. The molecule has 0 unspecified atom stereocenters. The van der Waals surface area contributed by atoms with E-state index in [2.05, 4.69) is 22.2 Å². The van der Waals surface area contributed by atoms with Crippen LogP contribution in [0.5, 0.6) is 0 Å². The lowest BCUT2D eigenvalue weighted by Crippen LogP contribution is -2.35. The quantitative estimate of drug-likeness (QED) is 0.703. The molecule has 1 aliphatic rings. The van der Waals surface area contributed by atoms with Crippen LogP contribution in [-0.2, 0) is 19.6 Å². The summed E-state index contributed by atoms with van der Waals surface area (Å²) in [5.74, 6) is 0.241. The number of methoxy groups -OCH3 is 1. The minimum atomic E-state index is -3.60. The highest BCUT2D eigenvalue weighted by molar-refractivity contribution is 7.89. The average Bonchev–Trinajstić information content (AvgIpc) is 3.00. The van der Waals surface area contributed by atoms with E-state index in [1.807, 2.05) is 0 Å². The molecule has 24 heavy (non-hydrogen) atoms. The van der Waals surface area contributed by atoms with Crippen molar-refractivity contribution in [3.05, 3.63) is 36.4 Å². The van der Waals surface area contributed by atoms with Crippen molar-refractivity contribution in [2.45, 2.75) is 37.1 Å². The Morgan fingerprint density at radius 2 is 2.04 bits per heavy atom. The number of allylic oxidation sites excluding steroid dienone is 2. The lowest BCUT2D eigenvalue weighted by atomic mass is 10.1. The zero-order valence-electron chi connectivity index (χ0n) is 14.0. The molecule has 132 valence electrons. The van der Waals surface area contributed by atoms with Crippen molar-refractivity contribution in [1.29, 1.82) is 0 Å². The third-order valence-corrected chi connectivity index (χ3v) is 5.39. The fraction of sp³-hybridized carbons (Fsp3) is 0.471. The Labute approximate surface area is 143 Å². The fourth-order valence-electron chi connectivity index (χ4n) is 2.65. The van der Waals surface area contributed by atoms with Gasteiger partial charge in [-0.3, -0.25) is 4.79 Å². The molecule has 1 amide bonds. The smallest absolute Gasteiger partial charge is 0.240 e. The second-order valence-electron chi connectivity index (χ2n) is 6.02. The molecule has 0 fully saturated rings. The summed E-state index contributed by atoms with van der Waals surface area (Å²) in [6.07, 6.45) is 6.65. The van der Waals surface area contributed by atoms with E-state index in [4.69, 9.17) is 4.74 Å². The molecule has 0 heterocycles. The van der Waals surface area contributed by atoms with Crippen LogP contribution in [0.3, 0.4) is 0 Å². The van der Waals surface area contributed by atoms with Crippen LogP contribution in [0.25, 0.3) is 0 Å². The molecule has 1 aliphatic carbocycles. The van der Waals surface area contributed by atoms with E-state index in [0.717, 1.165) is 12.8 Å². The van der Waals surface area contributed by atoms with Crippen LogP contribution in [0.2, 0.25) is 0 Å². The molecule has 0 radical (unpaired) electrons. The molecule has 2 N–H and O–H groups in total. The first-order chi connectivity index (χ1) is 11.4. The second-order valence-corrected chi connectivity index (χ2v) is 7.73. The number of nitrogens with one attached hydrogen (secondary N) is 2. The molecule has 7 heteroatoms. The van der Waals surface area contributed by atoms with E-state index in [-0.39, 0.29) is 16.8 Å². The summed E-state index contributed by atoms with van der Waals surface area (Å²) in [5.41, 5.74) is 0.589. The standard InChI is InChI=1S/C17H24N2O4S/c1-13(12-23-2)19-24(21,22)16-9-7-15(8-10-16)18-17(20)11-14-5-3-4-6-14/h3,5,7-10,13-14,19H,4,6,11-12H2,1-2H3,(H,18,20)/t13-,14+/m1/s1. The van der Waals surface area contributed by atoms with Gasteiger partial charge in [0.2, 0.25) is 15.9 Å². The van der Waals surface area contributed by atoms with Gasteiger partial charge in [0.15, 0.2) is 0 Å². The Balaban J connectivity index is 1.94. The molecule has 0 saturated carbocycles. The first-order valence-corrected chi connectivity index (χ1v) is 9.47. The highest BCUT2D eigenvalue weighted by Crippen LogP contribution is 2.21. The Morgan fingerprint density at radius 1 is 1.33 bits per heavy atom. The summed E-state index contributed by atoms with van der Waals surface area (Å²) in [7, 11) is -2.08. The number of carbonyl (C=O) groups is 1. The molecule has 2 rings (SSSR count). The monoisotopic (exact) mass is 352 g/mol. The first-order valence-electron chi connectivity index (χ1n) is 7.98. The van der Waals surface area contributed by atoms with Crippen molar-refractivity contribution >= 4 is 21.6 Å².